The Kier molecular flexibility index (Phi) is 6.79. The van der Waals surface area contributed by atoms with Gasteiger partial charge in [-0.3, -0.25) is 0 Å². The second kappa shape index (κ2) is 8.83. The maximum Gasteiger partial charge on any atom is 0.157 e. The summed E-state index contributed by atoms with van der Waals surface area (Å²) in [5, 5.41) is 0.502. The van der Waals surface area contributed by atoms with Crippen molar-refractivity contribution in [3.63, 3.8) is 0 Å². The van der Waals surface area contributed by atoms with Crippen molar-refractivity contribution in [1.29, 1.82) is 0 Å². The van der Waals surface area contributed by atoms with Crippen molar-refractivity contribution in [2.75, 3.05) is 7.11 Å². The number of rotatable bonds is 6. The smallest absolute Gasteiger partial charge is 0.157 e. The van der Waals surface area contributed by atoms with Crippen LogP contribution in [-0.4, -0.2) is 12.4 Å². The van der Waals surface area contributed by atoms with Gasteiger partial charge in [0.1, 0.15) is 5.76 Å². The molecule has 2 atom stereocenters. The van der Waals surface area contributed by atoms with Gasteiger partial charge in [-0.25, -0.2) is 0 Å². The topological polar surface area (TPSA) is 9.23 Å². The molecule has 0 amide bonds. The molecule has 0 saturated heterocycles. The molecule has 0 aliphatic heterocycles. The standard InChI is InChI=1S/C21H27OS/c1-5-21(22-4)17(2)16-18(3)23(19-12-8-6-9-13-19)20-14-10-7-11-15-20/h5-6,8-10,12,14-16,19H,3,7,11,13H2,1-2,4H3/q+1/b17-16-,21-5-. The minimum atomic E-state index is -0.000558. The summed E-state index contributed by atoms with van der Waals surface area (Å²) in [5.74, 6) is 0.918. The average molecular weight is 328 g/mol. The maximum atomic E-state index is 5.43. The van der Waals surface area contributed by atoms with E-state index in [1.807, 2.05) is 13.0 Å². The SMILES string of the molecule is C=C(/C=C(C)\C(=C\C)OC)[S+](C1=CCCC=C1)C1C=CC=CC1. The van der Waals surface area contributed by atoms with Gasteiger partial charge in [0.2, 0.25) is 0 Å². The molecule has 2 unspecified atom stereocenters. The van der Waals surface area contributed by atoms with Gasteiger partial charge in [0.25, 0.3) is 0 Å². The van der Waals surface area contributed by atoms with Gasteiger partial charge >= 0.3 is 0 Å². The number of ether oxygens (including phenoxy) is 1. The van der Waals surface area contributed by atoms with Crippen LogP contribution < -0.4 is 0 Å². The van der Waals surface area contributed by atoms with Crippen LogP contribution >= 0.6 is 0 Å². The highest BCUT2D eigenvalue weighted by molar-refractivity contribution is 8.05. The molecule has 2 aliphatic carbocycles. The summed E-state index contributed by atoms with van der Waals surface area (Å²) in [7, 11) is 1.72. The Morgan fingerprint density at radius 1 is 1.30 bits per heavy atom. The largest absolute Gasteiger partial charge is 0.497 e. The summed E-state index contributed by atoms with van der Waals surface area (Å²) in [6.07, 6.45) is 23.4. The molecule has 2 heteroatoms. The molecule has 0 aromatic rings. The Morgan fingerprint density at radius 2 is 2.13 bits per heavy atom. The first-order valence-electron chi connectivity index (χ1n) is 8.18. The summed E-state index contributed by atoms with van der Waals surface area (Å²) in [4.78, 5) is 2.61. The van der Waals surface area contributed by atoms with Crippen LogP contribution in [0.5, 0.6) is 0 Å². The first-order chi connectivity index (χ1) is 11.2. The zero-order valence-electron chi connectivity index (χ0n) is 14.4. The Balaban J connectivity index is 2.29. The Labute approximate surface area is 143 Å². The van der Waals surface area contributed by atoms with Crippen molar-refractivity contribution in [3.8, 4) is 0 Å². The second-order valence-electron chi connectivity index (χ2n) is 5.66. The summed E-state index contributed by atoms with van der Waals surface area (Å²) >= 11 is 0. The average Bonchev–Trinajstić information content (AvgIpc) is 2.58. The zero-order chi connectivity index (χ0) is 16.7. The Bertz CT molecular complexity index is 614. The number of allylic oxidation sites excluding steroid dienone is 9. The molecule has 0 saturated carbocycles. The quantitative estimate of drug-likeness (QED) is 0.344. The normalized spacial score (nSPS) is 22.7. The van der Waals surface area contributed by atoms with E-state index >= 15 is 0 Å². The highest BCUT2D eigenvalue weighted by Crippen LogP contribution is 2.33. The second-order valence-corrected chi connectivity index (χ2v) is 7.94. The van der Waals surface area contributed by atoms with Gasteiger partial charge in [0, 0.05) is 6.42 Å². The van der Waals surface area contributed by atoms with E-state index in [1.54, 1.807) is 7.11 Å². The van der Waals surface area contributed by atoms with Crippen molar-refractivity contribution in [2.24, 2.45) is 0 Å². The van der Waals surface area contributed by atoms with Crippen molar-refractivity contribution < 1.29 is 4.74 Å². The van der Waals surface area contributed by atoms with E-state index in [4.69, 9.17) is 4.74 Å². The molecule has 0 heterocycles. The predicted molar refractivity (Wildman–Crippen MR) is 104 cm³/mol. The van der Waals surface area contributed by atoms with Crippen LogP contribution in [-0.2, 0) is 15.6 Å². The fraction of sp³-hybridized carbons (Fsp3) is 0.333. The van der Waals surface area contributed by atoms with Gasteiger partial charge < -0.3 is 4.74 Å². The third-order valence-electron chi connectivity index (χ3n) is 3.99. The van der Waals surface area contributed by atoms with Crippen molar-refractivity contribution in [1.82, 2.24) is 0 Å². The highest BCUT2D eigenvalue weighted by Gasteiger charge is 2.35. The number of hydrogen-bond donors (Lipinski definition) is 0. The van der Waals surface area contributed by atoms with E-state index in [1.165, 1.54) is 9.81 Å². The Hall–Kier alpha value is -1.67. The summed E-state index contributed by atoms with van der Waals surface area (Å²) < 4.78 is 5.43. The first kappa shape index (κ1) is 17.7. The van der Waals surface area contributed by atoms with E-state index in [0.717, 1.165) is 30.6 Å². The van der Waals surface area contributed by atoms with Crippen molar-refractivity contribution in [2.45, 2.75) is 38.4 Å². The van der Waals surface area contributed by atoms with Gasteiger partial charge in [-0.2, -0.15) is 0 Å². The molecule has 122 valence electrons. The van der Waals surface area contributed by atoms with Gasteiger partial charge in [-0.1, -0.05) is 24.3 Å². The molecule has 0 N–H and O–H groups in total. The molecule has 23 heavy (non-hydrogen) atoms. The lowest BCUT2D eigenvalue weighted by Crippen LogP contribution is -2.22. The molecule has 0 fully saturated rings. The summed E-state index contributed by atoms with van der Waals surface area (Å²) in [5.41, 5.74) is 1.13. The predicted octanol–water partition coefficient (Wildman–Crippen LogP) is 5.73. The first-order valence-corrected chi connectivity index (χ1v) is 9.47. The van der Waals surface area contributed by atoms with E-state index in [9.17, 15) is 0 Å². The minimum Gasteiger partial charge on any atom is -0.497 e. The van der Waals surface area contributed by atoms with Crippen LogP contribution in [0, 0.1) is 0 Å². The summed E-state index contributed by atoms with van der Waals surface area (Å²) in [6.45, 7) is 8.51. The molecular formula is C21H27OS+. The van der Waals surface area contributed by atoms with E-state index in [2.05, 4.69) is 62.1 Å². The third kappa shape index (κ3) is 4.65. The van der Waals surface area contributed by atoms with E-state index < -0.39 is 0 Å². The van der Waals surface area contributed by atoms with E-state index in [-0.39, 0.29) is 10.9 Å². The van der Waals surface area contributed by atoms with Crippen LogP contribution in [0.4, 0.5) is 0 Å². The molecule has 0 bridgehead atoms. The molecule has 0 radical (unpaired) electrons. The van der Waals surface area contributed by atoms with Crippen LogP contribution in [0.15, 0.2) is 82.4 Å². The maximum absolute atomic E-state index is 5.43. The fourth-order valence-electron chi connectivity index (χ4n) is 2.89. The zero-order valence-corrected chi connectivity index (χ0v) is 15.2. The van der Waals surface area contributed by atoms with Crippen molar-refractivity contribution >= 4 is 10.9 Å². The van der Waals surface area contributed by atoms with E-state index in [0.29, 0.717) is 5.25 Å². The van der Waals surface area contributed by atoms with Gasteiger partial charge in [-0.15, -0.1) is 0 Å². The van der Waals surface area contributed by atoms with Crippen LogP contribution in [0.2, 0.25) is 0 Å². The van der Waals surface area contributed by atoms with Crippen LogP contribution in [0.25, 0.3) is 0 Å². The fourth-order valence-corrected chi connectivity index (χ4v) is 5.32. The van der Waals surface area contributed by atoms with Crippen molar-refractivity contribution in [3.05, 3.63) is 82.4 Å². The van der Waals surface area contributed by atoms with Gasteiger partial charge in [0.15, 0.2) is 15.1 Å². The molecule has 0 aromatic carbocycles. The number of hydrogen-bond acceptors (Lipinski definition) is 1. The molecule has 2 rings (SSSR count). The minimum absolute atomic E-state index is 0.000558. The summed E-state index contributed by atoms with van der Waals surface area (Å²) in [6, 6.07) is 0. The molecule has 2 aliphatic rings. The monoisotopic (exact) mass is 327 g/mol. The van der Waals surface area contributed by atoms with Crippen LogP contribution in [0.3, 0.4) is 0 Å². The van der Waals surface area contributed by atoms with Crippen LogP contribution in [0.1, 0.15) is 33.1 Å². The highest BCUT2D eigenvalue weighted by atomic mass is 32.2. The number of methoxy groups -OCH3 is 1. The Morgan fingerprint density at radius 3 is 2.70 bits per heavy atom. The lowest BCUT2D eigenvalue weighted by Gasteiger charge is -2.19. The lowest BCUT2D eigenvalue weighted by molar-refractivity contribution is 0.300. The third-order valence-corrected chi connectivity index (χ3v) is 6.44. The van der Waals surface area contributed by atoms with Gasteiger partial charge in [-0.05, 0) is 69.2 Å². The molecule has 0 spiro atoms. The molecular weight excluding hydrogens is 300 g/mol. The molecule has 0 aromatic heterocycles. The lowest BCUT2D eigenvalue weighted by atomic mass is 10.2. The van der Waals surface area contributed by atoms with Gasteiger partial charge in [0.05, 0.1) is 18.0 Å². The molecule has 1 nitrogen and oxygen atoms in total.